The number of fused-ring (bicyclic) bond motifs is 1. The molecule has 14 nitrogen and oxygen atoms in total. The second-order valence-electron chi connectivity index (χ2n) is 14.1. The summed E-state index contributed by atoms with van der Waals surface area (Å²) in [6.07, 6.45) is -4.88. The van der Waals surface area contributed by atoms with E-state index in [4.69, 9.17) is 28.0 Å². The number of aliphatic hydroxyl groups excluding tert-OH is 1. The molecule has 2 aromatic carbocycles. The predicted octanol–water partition coefficient (Wildman–Crippen LogP) is 6.85. The summed E-state index contributed by atoms with van der Waals surface area (Å²) < 4.78 is 118. The normalized spacial score (nSPS) is 19.9. The first kappa shape index (κ1) is 45.7. The molecule has 2 heterocycles. The van der Waals surface area contributed by atoms with Crippen LogP contribution in [0.25, 0.3) is 0 Å². The largest absolute Gasteiger partial charge is 0.573 e. The zero-order chi connectivity index (χ0) is 40.9. The molecule has 2 fully saturated rings. The summed E-state index contributed by atoms with van der Waals surface area (Å²) in [4.78, 5) is 13.0. The Balaban J connectivity index is 1.51. The van der Waals surface area contributed by atoms with E-state index in [0.29, 0.717) is 37.2 Å². The van der Waals surface area contributed by atoms with Crippen LogP contribution >= 0.6 is 7.60 Å². The molecule has 0 spiro atoms. The van der Waals surface area contributed by atoms with E-state index in [0.717, 1.165) is 41.4 Å². The van der Waals surface area contributed by atoms with Gasteiger partial charge in [-0.15, -0.1) is 13.2 Å². The third-order valence-electron chi connectivity index (χ3n) is 9.01. The maximum absolute atomic E-state index is 13.8. The number of amides is 1. The Morgan fingerprint density at radius 3 is 2.20 bits per heavy atom. The summed E-state index contributed by atoms with van der Waals surface area (Å²) in [5.74, 6) is -0.598. The maximum atomic E-state index is 13.8. The fourth-order valence-corrected chi connectivity index (χ4v) is 9.03. The minimum atomic E-state index is -4.96. The first-order chi connectivity index (χ1) is 26.5. The number of sulfonamides is 1. The molecule has 4 rings (SSSR count). The summed E-state index contributed by atoms with van der Waals surface area (Å²) in [5, 5.41) is 14.4. The van der Waals surface area contributed by atoms with Gasteiger partial charge in [0.15, 0.2) is 12.6 Å². The van der Waals surface area contributed by atoms with Crippen LogP contribution in [-0.2, 0) is 44.3 Å². The fraction of sp³-hybridized carbons (Fsp3) is 0.649. The Morgan fingerprint density at radius 1 is 0.982 bits per heavy atom. The summed E-state index contributed by atoms with van der Waals surface area (Å²) in [6, 6.07) is 9.29. The number of alkyl halides is 3. The van der Waals surface area contributed by atoms with Gasteiger partial charge in [0.1, 0.15) is 17.6 Å². The average Bonchev–Trinajstić information content (AvgIpc) is 3.76. The smallest absolute Gasteiger partial charge is 0.481 e. The van der Waals surface area contributed by atoms with Gasteiger partial charge in [-0.3, -0.25) is 4.57 Å². The van der Waals surface area contributed by atoms with E-state index in [2.05, 4.69) is 10.1 Å². The van der Waals surface area contributed by atoms with E-state index in [1.165, 1.54) is 0 Å². The third-order valence-corrected chi connectivity index (χ3v) is 12.4. The minimum Gasteiger partial charge on any atom is -0.481 e. The Morgan fingerprint density at radius 2 is 1.61 bits per heavy atom. The van der Waals surface area contributed by atoms with Crippen molar-refractivity contribution in [2.75, 3.05) is 45.9 Å². The van der Waals surface area contributed by atoms with Crippen molar-refractivity contribution in [3.63, 3.8) is 0 Å². The van der Waals surface area contributed by atoms with E-state index in [9.17, 15) is 36.1 Å². The first-order valence-corrected chi connectivity index (χ1v) is 22.0. The highest BCUT2D eigenvalue weighted by Crippen LogP contribution is 2.48. The maximum Gasteiger partial charge on any atom is 0.573 e. The lowest BCUT2D eigenvalue weighted by Gasteiger charge is -2.31. The Kier molecular flexibility index (Phi) is 17.3. The van der Waals surface area contributed by atoms with Gasteiger partial charge in [-0.1, -0.05) is 52.7 Å². The van der Waals surface area contributed by atoms with Crippen molar-refractivity contribution in [1.29, 1.82) is 0 Å². The molecule has 0 aliphatic carbocycles. The number of nitrogens with zero attached hydrogens (tertiary/aromatic N) is 1. The van der Waals surface area contributed by atoms with Gasteiger partial charge in [-0.2, -0.15) is 4.31 Å². The topological polar surface area (TPSA) is 168 Å². The highest BCUT2D eigenvalue weighted by Gasteiger charge is 2.44. The van der Waals surface area contributed by atoms with Crippen LogP contribution in [0.1, 0.15) is 65.4 Å². The number of hydrogen-bond acceptors (Lipinski definition) is 12. The monoisotopic (exact) mass is 838 g/mol. The summed E-state index contributed by atoms with van der Waals surface area (Å²) >= 11 is 0. The summed E-state index contributed by atoms with van der Waals surface area (Å²) in [5.41, 5.74) is 0.621. The molecule has 2 N–H and O–H groups in total. The predicted molar refractivity (Wildman–Crippen MR) is 199 cm³/mol. The molecule has 56 heavy (non-hydrogen) atoms. The molecule has 2 aliphatic rings. The van der Waals surface area contributed by atoms with Crippen LogP contribution in [0.5, 0.6) is 11.5 Å². The SMILES string of the molecule is CCCCOP(=O)(COc1ccc(C[C@H](NC(=O)O[C@H]2CO[C@H]3OCC[C@H]32)[C@H](O)CN(CC(C)C)S(=O)(=O)c2ccc(OC(F)(F)F)cc2)cc1)OCCCC. The Hall–Kier alpha value is -2.96. The standard InChI is InChI=1S/C37H54F3N2O12PS/c1-5-7-18-51-55(45,52-19-8-6-2)25-50-28-11-9-27(10-12-28)21-32(41-36(44)53-34-24-49-35-31(34)17-20-48-35)33(43)23-42(22-26(3)4)56(46,47)30-15-13-29(14-16-30)54-37(38,39)40/h9-16,26,31-35,43H,5-8,17-25H2,1-4H3,(H,41,44)/t31-,32-,33+,34-,35+/m0/s1. The number of carbonyl (C=O) groups is 1. The molecule has 0 aromatic heterocycles. The first-order valence-electron chi connectivity index (χ1n) is 18.9. The molecule has 0 unspecified atom stereocenters. The number of hydrogen-bond donors (Lipinski definition) is 2. The molecule has 316 valence electrons. The van der Waals surface area contributed by atoms with Crippen LogP contribution < -0.4 is 14.8 Å². The second-order valence-corrected chi connectivity index (χ2v) is 18.1. The minimum absolute atomic E-state index is 0.0185. The second kappa shape index (κ2) is 21.2. The number of aliphatic hydroxyl groups is 1. The number of benzene rings is 2. The summed E-state index contributed by atoms with van der Waals surface area (Å²) in [7, 11) is -7.89. The van der Waals surface area contributed by atoms with Gasteiger partial charge in [0.05, 0.1) is 49.4 Å². The van der Waals surface area contributed by atoms with Gasteiger partial charge >= 0.3 is 20.1 Å². The molecule has 2 saturated heterocycles. The zero-order valence-electron chi connectivity index (χ0n) is 32.1. The van der Waals surface area contributed by atoms with Crippen molar-refractivity contribution in [2.24, 2.45) is 11.8 Å². The van der Waals surface area contributed by atoms with E-state index in [-0.39, 0.29) is 55.9 Å². The van der Waals surface area contributed by atoms with Crippen molar-refractivity contribution >= 4 is 23.7 Å². The number of carbonyl (C=O) groups excluding carboxylic acids is 1. The number of unbranched alkanes of at least 4 members (excludes halogenated alkanes) is 2. The van der Waals surface area contributed by atoms with Crippen LogP contribution in [0, 0.1) is 11.8 Å². The van der Waals surface area contributed by atoms with Gasteiger partial charge in [0.2, 0.25) is 10.0 Å². The molecule has 19 heteroatoms. The fourth-order valence-electron chi connectivity index (χ4n) is 6.07. The highest BCUT2D eigenvalue weighted by atomic mass is 32.2. The number of nitrogens with one attached hydrogen (secondary N) is 1. The van der Waals surface area contributed by atoms with Gasteiger partial charge in [-0.25, -0.2) is 13.2 Å². The van der Waals surface area contributed by atoms with E-state index in [1.807, 2.05) is 13.8 Å². The lowest BCUT2D eigenvalue weighted by Crippen LogP contribution is -2.51. The van der Waals surface area contributed by atoms with Gasteiger partial charge < -0.3 is 43.2 Å². The molecule has 2 aromatic rings. The van der Waals surface area contributed by atoms with Crippen molar-refractivity contribution < 1.29 is 68.8 Å². The van der Waals surface area contributed by atoms with E-state index >= 15 is 0 Å². The van der Waals surface area contributed by atoms with Crippen molar-refractivity contribution in [3.05, 3.63) is 54.1 Å². The van der Waals surface area contributed by atoms with Gasteiger partial charge in [-0.05, 0) is 73.6 Å². The number of halogens is 3. The molecule has 0 saturated carbocycles. The Labute approximate surface area is 326 Å². The molecule has 0 radical (unpaired) electrons. The number of ether oxygens (including phenoxy) is 5. The summed E-state index contributed by atoms with van der Waals surface area (Å²) in [6.45, 7) is 8.10. The molecule has 1 amide bonds. The highest BCUT2D eigenvalue weighted by molar-refractivity contribution is 7.89. The molecule has 2 aliphatic heterocycles. The van der Waals surface area contributed by atoms with E-state index < -0.39 is 66.9 Å². The van der Waals surface area contributed by atoms with E-state index in [1.54, 1.807) is 38.1 Å². The number of alkyl carbamates (subject to hydrolysis) is 1. The lowest BCUT2D eigenvalue weighted by atomic mass is 10.0. The zero-order valence-corrected chi connectivity index (χ0v) is 33.9. The lowest BCUT2D eigenvalue weighted by molar-refractivity contribution is -0.274. The molecule has 0 bridgehead atoms. The van der Waals surface area contributed by atoms with Crippen LogP contribution in [0.2, 0.25) is 0 Å². The van der Waals surface area contributed by atoms with Crippen LogP contribution in [0.15, 0.2) is 53.4 Å². The van der Waals surface area contributed by atoms with Crippen molar-refractivity contribution in [2.45, 2.75) is 102 Å². The number of rotatable bonds is 23. The molecule has 5 atom stereocenters. The van der Waals surface area contributed by atoms with Crippen LogP contribution in [0.4, 0.5) is 18.0 Å². The van der Waals surface area contributed by atoms with Crippen LogP contribution in [-0.4, -0.2) is 101 Å². The molecular weight excluding hydrogens is 784 g/mol. The van der Waals surface area contributed by atoms with Gasteiger partial charge in [0.25, 0.3) is 0 Å². The van der Waals surface area contributed by atoms with Crippen molar-refractivity contribution in [3.8, 4) is 11.5 Å². The van der Waals surface area contributed by atoms with Crippen LogP contribution in [0.3, 0.4) is 0 Å². The molecular formula is C37H54F3N2O12PS. The third kappa shape index (κ3) is 14.1. The Bertz CT molecular complexity index is 1650. The van der Waals surface area contributed by atoms with Crippen molar-refractivity contribution in [1.82, 2.24) is 9.62 Å². The quantitative estimate of drug-likeness (QED) is 0.0884. The van der Waals surface area contributed by atoms with Gasteiger partial charge in [0, 0.05) is 13.1 Å². The average molecular weight is 839 g/mol.